The highest BCUT2D eigenvalue weighted by Gasteiger charge is 2.08. The molecule has 1 atom stereocenters. The SMILES string of the molecule is CC(CBr)CNC(=O)c1ccc(Cl)c(Cl)c1. The number of halogens is 3. The van der Waals surface area contributed by atoms with Gasteiger partial charge in [-0.05, 0) is 24.1 Å². The van der Waals surface area contributed by atoms with Crippen LogP contribution in [0.15, 0.2) is 18.2 Å². The maximum Gasteiger partial charge on any atom is 0.251 e. The predicted octanol–water partition coefficient (Wildman–Crippen LogP) is 3.75. The van der Waals surface area contributed by atoms with Crippen molar-refractivity contribution >= 4 is 45.0 Å². The molecule has 0 radical (unpaired) electrons. The Morgan fingerprint density at radius 1 is 1.44 bits per heavy atom. The number of hydrogen-bond acceptors (Lipinski definition) is 1. The molecule has 0 saturated carbocycles. The van der Waals surface area contributed by atoms with Gasteiger partial charge in [0.15, 0.2) is 0 Å². The summed E-state index contributed by atoms with van der Waals surface area (Å²) in [5.41, 5.74) is 0.524. The van der Waals surface area contributed by atoms with Gasteiger partial charge in [0.25, 0.3) is 5.91 Å². The van der Waals surface area contributed by atoms with E-state index in [0.29, 0.717) is 28.1 Å². The molecule has 1 aromatic carbocycles. The van der Waals surface area contributed by atoms with Crippen LogP contribution in [0.25, 0.3) is 0 Å². The first-order valence-electron chi connectivity index (χ1n) is 4.83. The lowest BCUT2D eigenvalue weighted by Crippen LogP contribution is -2.28. The van der Waals surface area contributed by atoms with Crippen LogP contribution in [0.4, 0.5) is 0 Å². The van der Waals surface area contributed by atoms with E-state index in [2.05, 4.69) is 21.2 Å². The number of carbonyl (C=O) groups is 1. The summed E-state index contributed by atoms with van der Waals surface area (Å²) >= 11 is 14.9. The standard InChI is InChI=1S/C11H12BrCl2NO/c1-7(5-12)6-15-11(16)8-2-3-9(13)10(14)4-8/h2-4,7H,5-6H2,1H3,(H,15,16). The van der Waals surface area contributed by atoms with Crippen LogP contribution in [0, 0.1) is 5.92 Å². The number of alkyl halides is 1. The van der Waals surface area contributed by atoms with E-state index >= 15 is 0 Å². The average Bonchev–Trinajstić information content (AvgIpc) is 2.29. The second-order valence-electron chi connectivity index (χ2n) is 3.60. The van der Waals surface area contributed by atoms with Crippen LogP contribution >= 0.6 is 39.1 Å². The minimum atomic E-state index is -0.133. The van der Waals surface area contributed by atoms with Crippen LogP contribution in [0.2, 0.25) is 10.0 Å². The minimum absolute atomic E-state index is 0.133. The maximum atomic E-state index is 11.7. The van der Waals surface area contributed by atoms with Gasteiger partial charge in [-0.1, -0.05) is 46.1 Å². The van der Waals surface area contributed by atoms with Gasteiger partial charge in [0.2, 0.25) is 0 Å². The molecule has 0 aliphatic heterocycles. The quantitative estimate of drug-likeness (QED) is 0.839. The molecule has 0 bridgehead atoms. The van der Waals surface area contributed by atoms with Gasteiger partial charge in [-0.15, -0.1) is 0 Å². The molecule has 0 spiro atoms. The Morgan fingerprint density at radius 3 is 2.69 bits per heavy atom. The summed E-state index contributed by atoms with van der Waals surface area (Å²) in [4.78, 5) is 11.7. The van der Waals surface area contributed by atoms with Gasteiger partial charge >= 0.3 is 0 Å². The lowest BCUT2D eigenvalue weighted by molar-refractivity contribution is 0.0949. The smallest absolute Gasteiger partial charge is 0.251 e. The molecule has 5 heteroatoms. The zero-order chi connectivity index (χ0) is 12.1. The summed E-state index contributed by atoms with van der Waals surface area (Å²) in [7, 11) is 0. The van der Waals surface area contributed by atoms with Crippen molar-refractivity contribution in [1.29, 1.82) is 0 Å². The largest absolute Gasteiger partial charge is 0.352 e. The van der Waals surface area contributed by atoms with Gasteiger partial charge in [-0.3, -0.25) is 4.79 Å². The highest BCUT2D eigenvalue weighted by molar-refractivity contribution is 9.09. The Morgan fingerprint density at radius 2 is 2.12 bits per heavy atom. The number of benzene rings is 1. The second-order valence-corrected chi connectivity index (χ2v) is 5.06. The first kappa shape index (κ1) is 13.8. The monoisotopic (exact) mass is 323 g/mol. The van der Waals surface area contributed by atoms with Gasteiger partial charge in [-0.25, -0.2) is 0 Å². The zero-order valence-electron chi connectivity index (χ0n) is 8.77. The molecule has 1 rings (SSSR count). The summed E-state index contributed by atoms with van der Waals surface area (Å²) in [5.74, 6) is 0.262. The van der Waals surface area contributed by atoms with E-state index in [4.69, 9.17) is 23.2 Å². The van der Waals surface area contributed by atoms with Gasteiger partial charge in [0.1, 0.15) is 0 Å². The molecule has 88 valence electrons. The number of amides is 1. The normalized spacial score (nSPS) is 12.2. The molecule has 1 unspecified atom stereocenters. The Bertz CT molecular complexity index is 384. The minimum Gasteiger partial charge on any atom is -0.352 e. The van der Waals surface area contributed by atoms with Crippen molar-refractivity contribution in [2.24, 2.45) is 5.92 Å². The van der Waals surface area contributed by atoms with Crippen molar-refractivity contribution in [1.82, 2.24) is 5.32 Å². The van der Waals surface area contributed by atoms with Gasteiger partial charge in [0.05, 0.1) is 10.0 Å². The summed E-state index contributed by atoms with van der Waals surface area (Å²) < 4.78 is 0. The third kappa shape index (κ3) is 3.96. The highest BCUT2D eigenvalue weighted by Crippen LogP contribution is 2.22. The van der Waals surface area contributed by atoms with E-state index in [1.807, 2.05) is 6.92 Å². The molecule has 0 fully saturated rings. The lowest BCUT2D eigenvalue weighted by Gasteiger charge is -2.09. The first-order chi connectivity index (χ1) is 7.54. The molecular formula is C11H12BrCl2NO. The van der Waals surface area contributed by atoms with E-state index in [9.17, 15) is 4.79 Å². The number of nitrogens with one attached hydrogen (secondary N) is 1. The molecule has 2 nitrogen and oxygen atoms in total. The van der Waals surface area contributed by atoms with Crippen molar-refractivity contribution in [3.63, 3.8) is 0 Å². The second kappa shape index (κ2) is 6.48. The number of rotatable bonds is 4. The van der Waals surface area contributed by atoms with Crippen LogP contribution in [-0.2, 0) is 0 Å². The van der Waals surface area contributed by atoms with Gasteiger partial charge in [0, 0.05) is 17.4 Å². The Labute approximate surface area is 113 Å². The maximum absolute atomic E-state index is 11.7. The third-order valence-electron chi connectivity index (χ3n) is 2.06. The van der Waals surface area contributed by atoms with E-state index in [1.54, 1.807) is 18.2 Å². The van der Waals surface area contributed by atoms with Crippen LogP contribution in [0.3, 0.4) is 0 Å². The molecule has 0 heterocycles. The van der Waals surface area contributed by atoms with Crippen LogP contribution in [0.5, 0.6) is 0 Å². The number of hydrogen-bond donors (Lipinski definition) is 1. The molecule has 0 aliphatic rings. The summed E-state index contributed by atoms with van der Waals surface area (Å²) in [6.45, 7) is 2.67. The van der Waals surface area contributed by atoms with Crippen molar-refractivity contribution in [2.75, 3.05) is 11.9 Å². The van der Waals surface area contributed by atoms with Crippen molar-refractivity contribution in [3.05, 3.63) is 33.8 Å². The summed E-state index contributed by atoms with van der Waals surface area (Å²) in [6.07, 6.45) is 0. The Hall–Kier alpha value is -0.250. The molecule has 0 aliphatic carbocycles. The van der Waals surface area contributed by atoms with Crippen LogP contribution in [0.1, 0.15) is 17.3 Å². The molecule has 1 N–H and O–H groups in total. The third-order valence-corrected chi connectivity index (χ3v) is 3.90. The molecule has 1 amide bonds. The topological polar surface area (TPSA) is 29.1 Å². The van der Waals surface area contributed by atoms with Gasteiger partial charge in [-0.2, -0.15) is 0 Å². The van der Waals surface area contributed by atoms with Crippen LogP contribution in [-0.4, -0.2) is 17.8 Å². The van der Waals surface area contributed by atoms with Crippen molar-refractivity contribution < 1.29 is 4.79 Å². The van der Waals surface area contributed by atoms with E-state index in [-0.39, 0.29) is 5.91 Å². The molecule has 0 saturated heterocycles. The Kier molecular flexibility index (Phi) is 5.59. The lowest BCUT2D eigenvalue weighted by atomic mass is 10.2. The fourth-order valence-corrected chi connectivity index (χ4v) is 1.59. The van der Waals surface area contributed by atoms with E-state index in [1.165, 1.54) is 0 Å². The highest BCUT2D eigenvalue weighted by atomic mass is 79.9. The first-order valence-corrected chi connectivity index (χ1v) is 6.71. The zero-order valence-corrected chi connectivity index (χ0v) is 11.9. The van der Waals surface area contributed by atoms with Crippen LogP contribution < -0.4 is 5.32 Å². The van der Waals surface area contributed by atoms with E-state index in [0.717, 1.165) is 5.33 Å². The molecular weight excluding hydrogens is 313 g/mol. The molecule has 16 heavy (non-hydrogen) atoms. The summed E-state index contributed by atoms with van der Waals surface area (Å²) in [6, 6.07) is 4.84. The fraction of sp³-hybridized carbons (Fsp3) is 0.364. The van der Waals surface area contributed by atoms with Gasteiger partial charge < -0.3 is 5.32 Å². The van der Waals surface area contributed by atoms with Crippen molar-refractivity contribution in [2.45, 2.75) is 6.92 Å². The van der Waals surface area contributed by atoms with Crippen molar-refractivity contribution in [3.8, 4) is 0 Å². The fourth-order valence-electron chi connectivity index (χ4n) is 1.06. The predicted molar refractivity (Wildman–Crippen MR) is 71.8 cm³/mol. The van der Waals surface area contributed by atoms with E-state index < -0.39 is 0 Å². The molecule has 1 aromatic rings. The average molecular weight is 325 g/mol. The summed E-state index contributed by atoms with van der Waals surface area (Å²) in [5, 5.41) is 4.52. The molecule has 0 aromatic heterocycles. The number of carbonyl (C=O) groups excluding carboxylic acids is 1. The Balaban J connectivity index is 2.63.